The minimum absolute atomic E-state index is 0.156. The molecule has 2 N–H and O–H groups in total. The lowest BCUT2D eigenvalue weighted by molar-refractivity contribution is -0.150. The Hall–Kier alpha value is -1.59. The van der Waals surface area contributed by atoms with Crippen molar-refractivity contribution in [2.24, 2.45) is 11.8 Å². The molecule has 106 valence electrons. The maximum atomic E-state index is 12.5. The predicted molar refractivity (Wildman–Crippen MR) is 67.3 cm³/mol. The number of aliphatic carboxylic acids is 1. The highest BCUT2D eigenvalue weighted by atomic mass is 16.4. The molecular formula is C13H20N2O4. The third-order valence-corrected chi connectivity index (χ3v) is 4.24. The average Bonchev–Trinajstić information content (AvgIpc) is 3.05. The number of carbonyl (C=O) groups is 3. The molecule has 0 spiro atoms. The molecule has 1 heterocycles. The molecule has 0 aromatic carbocycles. The van der Waals surface area contributed by atoms with Crippen LogP contribution in [-0.2, 0) is 14.4 Å². The summed E-state index contributed by atoms with van der Waals surface area (Å²) in [4.78, 5) is 36.9. The van der Waals surface area contributed by atoms with E-state index in [0.717, 1.165) is 12.8 Å². The summed E-state index contributed by atoms with van der Waals surface area (Å²) in [6.07, 6.45) is 3.41. The predicted octanol–water partition coefficient (Wildman–Crippen LogP) is 0.224. The first-order valence-corrected chi connectivity index (χ1v) is 6.81. The number of nitrogens with zero attached hydrogens (tertiary/aromatic N) is 1. The van der Waals surface area contributed by atoms with E-state index < -0.39 is 23.8 Å². The van der Waals surface area contributed by atoms with Crippen LogP contribution in [-0.4, -0.2) is 47.4 Å². The number of carboxylic acids is 1. The Morgan fingerprint density at radius 3 is 2.42 bits per heavy atom. The quantitative estimate of drug-likeness (QED) is 0.767. The zero-order valence-corrected chi connectivity index (χ0v) is 11.1. The normalized spacial score (nSPS) is 30.4. The number of rotatable bonds is 3. The summed E-state index contributed by atoms with van der Waals surface area (Å²) >= 11 is 0. The number of carbonyl (C=O) groups excluding carboxylic acids is 2. The van der Waals surface area contributed by atoms with Crippen LogP contribution in [0.25, 0.3) is 0 Å². The lowest BCUT2D eigenvalue weighted by atomic mass is 9.94. The van der Waals surface area contributed by atoms with Gasteiger partial charge in [0, 0.05) is 13.6 Å². The van der Waals surface area contributed by atoms with Gasteiger partial charge in [-0.2, -0.15) is 0 Å². The zero-order chi connectivity index (χ0) is 14.0. The molecule has 0 aromatic rings. The van der Waals surface area contributed by atoms with E-state index in [-0.39, 0.29) is 11.8 Å². The van der Waals surface area contributed by atoms with E-state index in [9.17, 15) is 14.4 Å². The number of likely N-dealkylation sites (tertiary alicyclic amines) is 1. The molecule has 1 saturated heterocycles. The van der Waals surface area contributed by atoms with Crippen LogP contribution in [0.4, 0.5) is 0 Å². The lowest BCUT2D eigenvalue weighted by Crippen LogP contribution is -2.48. The second-order valence-corrected chi connectivity index (χ2v) is 5.29. The van der Waals surface area contributed by atoms with Gasteiger partial charge in [-0.05, 0) is 25.7 Å². The summed E-state index contributed by atoms with van der Waals surface area (Å²) in [5.41, 5.74) is 0. The number of nitrogens with one attached hydrogen (secondary N) is 1. The highest BCUT2D eigenvalue weighted by molar-refractivity contribution is 5.91. The Kier molecular flexibility index (Phi) is 4.07. The summed E-state index contributed by atoms with van der Waals surface area (Å²) in [6.45, 7) is 0.555. The number of amides is 2. The highest BCUT2D eigenvalue weighted by Crippen LogP contribution is 2.35. The molecule has 0 aromatic heterocycles. The minimum Gasteiger partial charge on any atom is -0.481 e. The molecule has 0 radical (unpaired) electrons. The van der Waals surface area contributed by atoms with Crippen molar-refractivity contribution in [3.8, 4) is 0 Å². The van der Waals surface area contributed by atoms with Gasteiger partial charge < -0.3 is 15.3 Å². The van der Waals surface area contributed by atoms with E-state index in [1.54, 1.807) is 11.9 Å². The van der Waals surface area contributed by atoms with E-state index in [0.29, 0.717) is 25.8 Å². The summed E-state index contributed by atoms with van der Waals surface area (Å²) in [7, 11) is 1.55. The van der Waals surface area contributed by atoms with Crippen molar-refractivity contribution in [2.75, 3.05) is 13.6 Å². The standard InChI is InChI=1S/C13H20N2O4/c1-14-11(16)10-6-3-7-15(10)12(17)8-4-2-5-9(8)13(18)19/h8-10H,2-7H2,1H3,(H,14,16)(H,18,19). The SMILES string of the molecule is CNC(=O)C1CCCN1C(=O)C1CCCC1C(=O)O. The first-order chi connectivity index (χ1) is 9.06. The van der Waals surface area contributed by atoms with E-state index in [1.165, 1.54) is 0 Å². The van der Waals surface area contributed by atoms with Crippen LogP contribution in [0.3, 0.4) is 0 Å². The molecule has 1 aliphatic heterocycles. The molecule has 2 fully saturated rings. The van der Waals surface area contributed by atoms with Crippen molar-refractivity contribution >= 4 is 17.8 Å². The van der Waals surface area contributed by atoms with Gasteiger partial charge in [0.1, 0.15) is 6.04 Å². The molecule has 3 unspecified atom stereocenters. The number of hydrogen-bond donors (Lipinski definition) is 2. The van der Waals surface area contributed by atoms with Crippen molar-refractivity contribution < 1.29 is 19.5 Å². The molecule has 1 saturated carbocycles. The van der Waals surface area contributed by atoms with Crippen LogP contribution < -0.4 is 5.32 Å². The van der Waals surface area contributed by atoms with Crippen molar-refractivity contribution in [1.82, 2.24) is 10.2 Å². The van der Waals surface area contributed by atoms with Crippen LogP contribution in [0, 0.1) is 11.8 Å². The fraction of sp³-hybridized carbons (Fsp3) is 0.769. The van der Waals surface area contributed by atoms with Gasteiger partial charge in [0.05, 0.1) is 11.8 Å². The van der Waals surface area contributed by atoms with Gasteiger partial charge >= 0.3 is 5.97 Å². The Bertz CT molecular complexity index is 396. The maximum absolute atomic E-state index is 12.5. The van der Waals surface area contributed by atoms with Crippen molar-refractivity contribution in [3.63, 3.8) is 0 Å². The molecule has 3 atom stereocenters. The summed E-state index contributed by atoms with van der Waals surface area (Å²) in [5, 5.41) is 11.7. The average molecular weight is 268 g/mol. The first-order valence-electron chi connectivity index (χ1n) is 6.81. The van der Waals surface area contributed by atoms with Crippen LogP contribution in [0.1, 0.15) is 32.1 Å². The van der Waals surface area contributed by atoms with Gasteiger partial charge in [-0.15, -0.1) is 0 Å². The Labute approximate surface area is 112 Å². The van der Waals surface area contributed by atoms with Gasteiger partial charge in [-0.1, -0.05) is 6.42 Å². The summed E-state index contributed by atoms with van der Waals surface area (Å²) in [6, 6.07) is -0.424. The van der Waals surface area contributed by atoms with Crippen LogP contribution in [0.5, 0.6) is 0 Å². The Balaban J connectivity index is 2.10. The zero-order valence-electron chi connectivity index (χ0n) is 11.1. The molecule has 2 amide bonds. The van der Waals surface area contributed by atoms with Crippen molar-refractivity contribution in [3.05, 3.63) is 0 Å². The molecule has 19 heavy (non-hydrogen) atoms. The van der Waals surface area contributed by atoms with Crippen LogP contribution in [0.15, 0.2) is 0 Å². The van der Waals surface area contributed by atoms with Gasteiger partial charge in [-0.25, -0.2) is 0 Å². The van der Waals surface area contributed by atoms with Crippen LogP contribution >= 0.6 is 0 Å². The Morgan fingerprint density at radius 2 is 1.79 bits per heavy atom. The molecule has 2 aliphatic rings. The number of carboxylic acid groups (broad SMARTS) is 1. The fourth-order valence-electron chi connectivity index (χ4n) is 3.23. The number of likely N-dealkylation sites (N-methyl/N-ethyl adjacent to an activating group) is 1. The third-order valence-electron chi connectivity index (χ3n) is 4.24. The molecule has 6 nitrogen and oxygen atoms in total. The summed E-state index contributed by atoms with van der Waals surface area (Å²) < 4.78 is 0. The molecule has 0 bridgehead atoms. The van der Waals surface area contributed by atoms with Gasteiger partial charge in [-0.3, -0.25) is 14.4 Å². The molecule has 6 heteroatoms. The molecule has 1 aliphatic carbocycles. The van der Waals surface area contributed by atoms with E-state index >= 15 is 0 Å². The largest absolute Gasteiger partial charge is 0.481 e. The van der Waals surface area contributed by atoms with Crippen molar-refractivity contribution in [2.45, 2.75) is 38.1 Å². The van der Waals surface area contributed by atoms with Crippen LogP contribution in [0.2, 0.25) is 0 Å². The van der Waals surface area contributed by atoms with Gasteiger partial charge in [0.25, 0.3) is 0 Å². The Morgan fingerprint density at radius 1 is 1.11 bits per heavy atom. The van der Waals surface area contributed by atoms with Gasteiger partial charge in [0.15, 0.2) is 0 Å². The minimum atomic E-state index is -0.897. The van der Waals surface area contributed by atoms with E-state index in [2.05, 4.69) is 5.32 Å². The summed E-state index contributed by atoms with van der Waals surface area (Å²) in [5.74, 6) is -2.25. The maximum Gasteiger partial charge on any atom is 0.307 e. The molecular weight excluding hydrogens is 248 g/mol. The highest BCUT2D eigenvalue weighted by Gasteiger charge is 2.43. The van der Waals surface area contributed by atoms with E-state index in [1.807, 2.05) is 0 Å². The smallest absolute Gasteiger partial charge is 0.307 e. The second kappa shape index (κ2) is 5.59. The first kappa shape index (κ1) is 13.8. The topological polar surface area (TPSA) is 86.7 Å². The lowest BCUT2D eigenvalue weighted by Gasteiger charge is -2.27. The van der Waals surface area contributed by atoms with Crippen molar-refractivity contribution in [1.29, 1.82) is 0 Å². The third kappa shape index (κ3) is 2.57. The second-order valence-electron chi connectivity index (χ2n) is 5.29. The number of hydrogen-bond acceptors (Lipinski definition) is 3. The fourth-order valence-corrected chi connectivity index (χ4v) is 3.23. The molecule has 2 rings (SSSR count). The van der Waals surface area contributed by atoms with Gasteiger partial charge in [0.2, 0.25) is 11.8 Å². The monoisotopic (exact) mass is 268 g/mol. The van der Waals surface area contributed by atoms with E-state index in [4.69, 9.17) is 5.11 Å².